The lowest BCUT2D eigenvalue weighted by Crippen LogP contribution is -2.17. The number of carbonyl (C=O) groups is 2. The molecule has 0 saturated carbocycles. The van der Waals surface area contributed by atoms with Crippen molar-refractivity contribution in [3.8, 4) is 0 Å². The van der Waals surface area contributed by atoms with Gasteiger partial charge in [-0.05, 0) is 60.2 Å². The molecule has 0 aliphatic rings. The number of benzene rings is 3. The maximum absolute atomic E-state index is 12.2. The van der Waals surface area contributed by atoms with Crippen LogP contribution in [0.3, 0.4) is 0 Å². The minimum Gasteiger partial charge on any atom is -0.322 e. The van der Waals surface area contributed by atoms with Crippen molar-refractivity contribution in [3.05, 3.63) is 105 Å². The largest absolute Gasteiger partial charge is 0.322 e. The molecule has 0 heterocycles. The second kappa shape index (κ2) is 9.44. The topological polar surface area (TPSA) is 114 Å². The number of hydrogen-bond acceptors (Lipinski definition) is 5. The molecule has 8 nitrogen and oxygen atoms in total. The zero-order valence-corrected chi connectivity index (χ0v) is 16.2. The second-order valence-electron chi connectivity index (χ2n) is 6.09. The van der Waals surface area contributed by atoms with E-state index in [2.05, 4.69) is 15.8 Å². The molecular weight excluding hydrogens is 408 g/mol. The van der Waals surface area contributed by atoms with Crippen molar-refractivity contribution in [1.82, 2.24) is 5.43 Å². The molecule has 0 aromatic heterocycles. The summed E-state index contributed by atoms with van der Waals surface area (Å²) in [6.45, 7) is 0. The predicted molar refractivity (Wildman–Crippen MR) is 114 cm³/mol. The van der Waals surface area contributed by atoms with Gasteiger partial charge in [-0.25, -0.2) is 5.43 Å². The number of nitro groups is 1. The van der Waals surface area contributed by atoms with Crippen molar-refractivity contribution in [2.24, 2.45) is 5.10 Å². The number of hydrogen-bond donors (Lipinski definition) is 2. The van der Waals surface area contributed by atoms with Gasteiger partial charge in [-0.15, -0.1) is 0 Å². The first-order valence-electron chi connectivity index (χ1n) is 8.67. The zero-order valence-electron chi connectivity index (χ0n) is 15.4. The maximum Gasteiger partial charge on any atom is 0.271 e. The van der Waals surface area contributed by atoms with Crippen LogP contribution in [0.4, 0.5) is 11.4 Å². The highest BCUT2D eigenvalue weighted by Crippen LogP contribution is 2.15. The van der Waals surface area contributed by atoms with E-state index in [-0.39, 0.29) is 11.6 Å². The summed E-state index contributed by atoms with van der Waals surface area (Å²) in [6, 6.07) is 18.6. The fourth-order valence-electron chi connectivity index (χ4n) is 2.45. The van der Waals surface area contributed by atoms with Gasteiger partial charge in [-0.1, -0.05) is 17.7 Å². The Morgan fingerprint density at radius 1 is 0.933 bits per heavy atom. The highest BCUT2D eigenvalue weighted by Gasteiger charge is 2.08. The first-order valence-corrected chi connectivity index (χ1v) is 9.05. The van der Waals surface area contributed by atoms with Gasteiger partial charge in [-0.2, -0.15) is 5.10 Å². The maximum atomic E-state index is 12.2. The Bertz CT molecular complexity index is 1110. The van der Waals surface area contributed by atoms with Crippen LogP contribution < -0.4 is 10.7 Å². The smallest absolute Gasteiger partial charge is 0.271 e. The molecule has 0 fully saturated rings. The summed E-state index contributed by atoms with van der Waals surface area (Å²) in [5.41, 5.74) is 4.22. The molecule has 0 spiro atoms. The third-order valence-corrected chi connectivity index (χ3v) is 4.21. The minimum atomic E-state index is -0.496. The van der Waals surface area contributed by atoms with Crippen molar-refractivity contribution in [3.63, 3.8) is 0 Å². The second-order valence-corrected chi connectivity index (χ2v) is 6.53. The van der Waals surface area contributed by atoms with Gasteiger partial charge in [0.15, 0.2) is 0 Å². The highest BCUT2D eigenvalue weighted by atomic mass is 35.5. The fraction of sp³-hybridized carbons (Fsp3) is 0. The minimum absolute atomic E-state index is 0.0290. The summed E-state index contributed by atoms with van der Waals surface area (Å²) in [5.74, 6) is -0.761. The van der Waals surface area contributed by atoms with Crippen LogP contribution in [0.15, 0.2) is 77.9 Å². The fourth-order valence-corrected chi connectivity index (χ4v) is 2.64. The van der Waals surface area contributed by atoms with E-state index in [4.69, 9.17) is 11.6 Å². The Morgan fingerprint density at radius 2 is 1.63 bits per heavy atom. The lowest BCUT2D eigenvalue weighted by Gasteiger charge is -2.06. The Hall–Kier alpha value is -4.04. The molecule has 0 atom stereocenters. The molecule has 2 N–H and O–H groups in total. The van der Waals surface area contributed by atoms with E-state index in [9.17, 15) is 19.7 Å². The number of anilines is 1. The molecule has 3 aromatic carbocycles. The molecule has 0 unspecified atom stereocenters. The van der Waals surface area contributed by atoms with E-state index >= 15 is 0 Å². The van der Waals surface area contributed by atoms with Gasteiger partial charge < -0.3 is 5.32 Å². The van der Waals surface area contributed by atoms with E-state index in [1.807, 2.05) is 0 Å². The number of nitro benzene ring substituents is 1. The third-order valence-electron chi connectivity index (χ3n) is 3.98. The van der Waals surface area contributed by atoms with Crippen LogP contribution in [-0.2, 0) is 0 Å². The molecular formula is C21H15ClN4O4. The van der Waals surface area contributed by atoms with Crippen molar-refractivity contribution in [2.75, 3.05) is 5.32 Å². The highest BCUT2D eigenvalue weighted by molar-refractivity contribution is 6.31. The average Bonchev–Trinajstić information content (AvgIpc) is 2.74. The SMILES string of the molecule is O=C(NN=Cc1ccc([N+](=O)[O-])cc1)c1ccc(NC(=O)c2cccc(Cl)c2)cc1. The molecule has 2 amide bonds. The van der Waals surface area contributed by atoms with Crippen molar-refractivity contribution >= 4 is 41.0 Å². The summed E-state index contributed by atoms with van der Waals surface area (Å²) in [5, 5.41) is 17.6. The van der Waals surface area contributed by atoms with Crippen LogP contribution >= 0.6 is 11.6 Å². The molecule has 9 heteroatoms. The molecule has 0 aliphatic carbocycles. The van der Waals surface area contributed by atoms with Crippen LogP contribution in [0.5, 0.6) is 0 Å². The van der Waals surface area contributed by atoms with Gasteiger partial charge in [0.25, 0.3) is 17.5 Å². The number of hydrazone groups is 1. The molecule has 30 heavy (non-hydrogen) atoms. The average molecular weight is 423 g/mol. The van der Waals surface area contributed by atoms with Crippen LogP contribution in [0.25, 0.3) is 0 Å². The molecule has 3 aromatic rings. The monoisotopic (exact) mass is 422 g/mol. The lowest BCUT2D eigenvalue weighted by atomic mass is 10.1. The Morgan fingerprint density at radius 3 is 2.27 bits per heavy atom. The van der Waals surface area contributed by atoms with Gasteiger partial charge in [0.05, 0.1) is 11.1 Å². The summed E-state index contributed by atoms with van der Waals surface area (Å²) in [7, 11) is 0. The number of rotatable bonds is 6. The van der Waals surface area contributed by atoms with E-state index < -0.39 is 10.8 Å². The first kappa shape index (κ1) is 20.7. The number of nitrogens with zero attached hydrogens (tertiary/aromatic N) is 2. The standard InChI is InChI=1S/C21H15ClN4O4/c22-17-3-1-2-16(12-17)20(27)24-18-8-6-15(7-9-18)21(28)25-23-13-14-4-10-19(11-5-14)26(29)30/h1-13H,(H,24,27)(H,25,28). The molecule has 0 saturated heterocycles. The van der Waals surface area contributed by atoms with E-state index in [0.29, 0.717) is 27.4 Å². The van der Waals surface area contributed by atoms with Gasteiger partial charge in [-0.3, -0.25) is 19.7 Å². The summed E-state index contributed by atoms with van der Waals surface area (Å²) in [6.07, 6.45) is 1.38. The normalized spacial score (nSPS) is 10.6. The van der Waals surface area contributed by atoms with E-state index in [1.165, 1.54) is 30.5 Å². The third kappa shape index (κ3) is 5.49. The Kier molecular flexibility index (Phi) is 6.51. The van der Waals surface area contributed by atoms with E-state index in [0.717, 1.165) is 0 Å². The summed E-state index contributed by atoms with van der Waals surface area (Å²) >= 11 is 5.88. The predicted octanol–water partition coefficient (Wildman–Crippen LogP) is 4.26. The van der Waals surface area contributed by atoms with E-state index in [1.54, 1.807) is 48.5 Å². The molecule has 0 radical (unpaired) electrons. The van der Waals surface area contributed by atoms with Crippen LogP contribution in [-0.4, -0.2) is 23.0 Å². The number of nitrogens with one attached hydrogen (secondary N) is 2. The molecule has 0 aliphatic heterocycles. The van der Waals surface area contributed by atoms with Gasteiger partial charge in [0, 0.05) is 34.0 Å². The Balaban J connectivity index is 1.56. The van der Waals surface area contributed by atoms with Crippen molar-refractivity contribution < 1.29 is 14.5 Å². The molecule has 0 bridgehead atoms. The quantitative estimate of drug-likeness (QED) is 0.351. The molecule has 150 valence electrons. The van der Waals surface area contributed by atoms with Gasteiger partial charge in [0.1, 0.15) is 0 Å². The summed E-state index contributed by atoms with van der Waals surface area (Å²) < 4.78 is 0. The zero-order chi connectivity index (χ0) is 21.5. The van der Waals surface area contributed by atoms with Crippen molar-refractivity contribution in [2.45, 2.75) is 0 Å². The van der Waals surface area contributed by atoms with Gasteiger partial charge >= 0.3 is 0 Å². The van der Waals surface area contributed by atoms with Crippen LogP contribution in [0.1, 0.15) is 26.3 Å². The summed E-state index contributed by atoms with van der Waals surface area (Å²) in [4.78, 5) is 34.5. The molecule has 3 rings (SSSR count). The van der Waals surface area contributed by atoms with Crippen LogP contribution in [0.2, 0.25) is 5.02 Å². The lowest BCUT2D eigenvalue weighted by molar-refractivity contribution is -0.384. The Labute approximate surface area is 176 Å². The number of carbonyl (C=O) groups excluding carboxylic acids is 2. The van der Waals surface area contributed by atoms with Crippen LogP contribution in [0, 0.1) is 10.1 Å². The number of non-ortho nitro benzene ring substituents is 1. The number of amides is 2. The van der Waals surface area contributed by atoms with Crippen molar-refractivity contribution in [1.29, 1.82) is 0 Å². The number of halogens is 1. The first-order chi connectivity index (χ1) is 14.4. The van der Waals surface area contributed by atoms with Gasteiger partial charge in [0.2, 0.25) is 0 Å².